The fourth-order valence-corrected chi connectivity index (χ4v) is 3.73. The van der Waals surface area contributed by atoms with Crippen LogP contribution >= 0.6 is 0 Å². The molecule has 1 atom stereocenters. The molecule has 7 nitrogen and oxygen atoms in total. The first kappa shape index (κ1) is 19.0. The summed E-state index contributed by atoms with van der Waals surface area (Å²) in [5.74, 6) is 0.500. The predicted molar refractivity (Wildman–Crippen MR) is 108 cm³/mol. The minimum atomic E-state index is -0.256. The molecule has 1 amide bonds. The van der Waals surface area contributed by atoms with Gasteiger partial charge >= 0.3 is 0 Å². The Hall–Kier alpha value is -3.29. The smallest absolute Gasteiger partial charge is 0.273 e. The van der Waals surface area contributed by atoms with E-state index in [4.69, 9.17) is 0 Å². The molecular formula is C21H23FN6O. The van der Waals surface area contributed by atoms with E-state index in [1.54, 1.807) is 38.6 Å². The normalized spacial score (nSPS) is 16.7. The molecule has 150 valence electrons. The van der Waals surface area contributed by atoms with Crippen LogP contribution in [0.2, 0.25) is 0 Å². The highest BCUT2D eigenvalue weighted by atomic mass is 19.1. The zero-order chi connectivity index (χ0) is 20.4. The highest BCUT2D eigenvalue weighted by molar-refractivity contribution is 5.91. The van der Waals surface area contributed by atoms with Crippen LogP contribution in [-0.2, 0) is 0 Å². The van der Waals surface area contributed by atoms with Crippen molar-refractivity contribution in [2.75, 3.05) is 32.1 Å². The zero-order valence-electron chi connectivity index (χ0n) is 16.5. The van der Waals surface area contributed by atoms with Gasteiger partial charge in [-0.3, -0.25) is 14.9 Å². The number of halogens is 1. The van der Waals surface area contributed by atoms with Gasteiger partial charge in [0.1, 0.15) is 17.3 Å². The lowest BCUT2D eigenvalue weighted by molar-refractivity contribution is 0.0821. The van der Waals surface area contributed by atoms with E-state index in [0.29, 0.717) is 11.5 Å². The second-order valence-electron chi connectivity index (χ2n) is 7.45. The van der Waals surface area contributed by atoms with Crippen molar-refractivity contribution in [2.45, 2.75) is 18.8 Å². The quantitative estimate of drug-likeness (QED) is 0.736. The summed E-state index contributed by atoms with van der Waals surface area (Å²) in [6.45, 7) is 1.59. The molecule has 0 aliphatic carbocycles. The Morgan fingerprint density at radius 3 is 2.76 bits per heavy atom. The molecule has 1 aromatic carbocycles. The molecule has 1 aliphatic rings. The number of hydrogen-bond donors (Lipinski definition) is 1. The third-order valence-electron chi connectivity index (χ3n) is 5.22. The van der Waals surface area contributed by atoms with E-state index in [1.807, 2.05) is 0 Å². The number of carbonyl (C=O) groups excluding carboxylic acids is 1. The summed E-state index contributed by atoms with van der Waals surface area (Å²) < 4.78 is 13.3. The van der Waals surface area contributed by atoms with Crippen molar-refractivity contribution in [3.8, 4) is 11.1 Å². The molecule has 29 heavy (non-hydrogen) atoms. The highest BCUT2D eigenvalue weighted by Gasteiger charge is 2.26. The van der Waals surface area contributed by atoms with Crippen LogP contribution < -0.4 is 4.90 Å². The number of carbonyl (C=O) groups is 1. The van der Waals surface area contributed by atoms with Crippen LogP contribution in [0.1, 0.15) is 34.9 Å². The number of amides is 1. The number of hydrogen-bond acceptors (Lipinski definition) is 5. The van der Waals surface area contributed by atoms with Gasteiger partial charge in [0.15, 0.2) is 0 Å². The van der Waals surface area contributed by atoms with E-state index in [9.17, 15) is 9.18 Å². The standard InChI is InChI=1S/C21H23FN6O/c1-27(2)21(29)18-11-23-12-19(25-18)28-9-3-4-15(13-28)20-17(10-24-26-20)14-5-7-16(22)8-6-14/h5-8,10-12,15H,3-4,9,13H2,1-2H3,(H,24,26)/t15-/m0/s1. The van der Waals surface area contributed by atoms with E-state index in [1.165, 1.54) is 23.2 Å². The van der Waals surface area contributed by atoms with Gasteiger partial charge in [0, 0.05) is 44.4 Å². The van der Waals surface area contributed by atoms with Gasteiger partial charge in [-0.2, -0.15) is 5.10 Å². The summed E-state index contributed by atoms with van der Waals surface area (Å²) in [4.78, 5) is 24.6. The third kappa shape index (κ3) is 3.96. The Labute approximate surface area is 168 Å². The SMILES string of the molecule is CN(C)C(=O)c1cncc(N2CCC[C@H](c3[nH]ncc3-c3ccc(F)cc3)C2)n1. The first-order valence-corrected chi connectivity index (χ1v) is 9.61. The van der Waals surface area contributed by atoms with E-state index >= 15 is 0 Å². The van der Waals surface area contributed by atoms with Gasteiger partial charge < -0.3 is 9.80 Å². The molecule has 0 radical (unpaired) electrons. The predicted octanol–water partition coefficient (Wildman–Crippen LogP) is 3.09. The maximum Gasteiger partial charge on any atom is 0.273 e. The van der Waals surface area contributed by atoms with Gasteiger partial charge in [-0.15, -0.1) is 0 Å². The summed E-state index contributed by atoms with van der Waals surface area (Å²) >= 11 is 0. The molecule has 4 rings (SSSR count). The van der Waals surface area contributed by atoms with Gasteiger partial charge in [0.2, 0.25) is 0 Å². The number of aromatic amines is 1. The number of aromatic nitrogens is 4. The van der Waals surface area contributed by atoms with Crippen LogP contribution in [0.5, 0.6) is 0 Å². The summed E-state index contributed by atoms with van der Waals surface area (Å²) in [5, 5.41) is 7.37. The first-order valence-electron chi connectivity index (χ1n) is 9.61. The van der Waals surface area contributed by atoms with Gasteiger partial charge in [0.05, 0.1) is 18.6 Å². The topological polar surface area (TPSA) is 78.0 Å². The van der Waals surface area contributed by atoms with Gasteiger partial charge in [-0.1, -0.05) is 12.1 Å². The van der Waals surface area contributed by atoms with Crippen LogP contribution in [0.4, 0.5) is 10.2 Å². The highest BCUT2D eigenvalue weighted by Crippen LogP contribution is 2.34. The zero-order valence-corrected chi connectivity index (χ0v) is 16.5. The van der Waals surface area contributed by atoms with Gasteiger partial charge in [-0.05, 0) is 30.5 Å². The first-order chi connectivity index (χ1) is 14.0. The molecule has 1 N–H and O–H groups in total. The molecule has 2 aromatic heterocycles. The molecule has 0 bridgehead atoms. The van der Waals surface area contributed by atoms with E-state index in [2.05, 4.69) is 25.1 Å². The molecule has 1 saturated heterocycles. The minimum Gasteiger partial charge on any atom is -0.355 e. The molecule has 8 heteroatoms. The van der Waals surface area contributed by atoms with E-state index < -0.39 is 0 Å². The summed E-state index contributed by atoms with van der Waals surface area (Å²) in [6.07, 6.45) is 6.98. The van der Waals surface area contributed by atoms with Gasteiger partial charge in [0.25, 0.3) is 5.91 Å². The molecule has 1 aliphatic heterocycles. The van der Waals surface area contributed by atoms with E-state index in [-0.39, 0.29) is 17.6 Å². The van der Waals surface area contributed by atoms with Crippen molar-refractivity contribution >= 4 is 11.7 Å². The Bertz CT molecular complexity index is 1000. The minimum absolute atomic E-state index is 0.167. The molecule has 0 spiro atoms. The molecular weight excluding hydrogens is 371 g/mol. The summed E-state index contributed by atoms with van der Waals surface area (Å²) in [6, 6.07) is 6.46. The van der Waals surface area contributed by atoms with Crippen LogP contribution in [0.3, 0.4) is 0 Å². The third-order valence-corrected chi connectivity index (χ3v) is 5.22. The average molecular weight is 394 g/mol. The lowest BCUT2D eigenvalue weighted by Gasteiger charge is -2.33. The van der Waals surface area contributed by atoms with Crippen molar-refractivity contribution < 1.29 is 9.18 Å². The maximum atomic E-state index is 13.3. The number of H-pyrrole nitrogens is 1. The molecule has 1 fully saturated rings. The second-order valence-corrected chi connectivity index (χ2v) is 7.45. The van der Waals surface area contributed by atoms with Crippen molar-refractivity contribution in [2.24, 2.45) is 0 Å². The second kappa shape index (κ2) is 7.98. The van der Waals surface area contributed by atoms with Crippen LogP contribution in [-0.4, -0.2) is 58.2 Å². The van der Waals surface area contributed by atoms with Gasteiger partial charge in [-0.25, -0.2) is 9.37 Å². The number of piperidine rings is 1. The molecule has 0 unspecified atom stereocenters. The Kier molecular flexibility index (Phi) is 5.24. The summed E-state index contributed by atoms with van der Waals surface area (Å²) in [7, 11) is 3.39. The lowest BCUT2D eigenvalue weighted by Crippen LogP contribution is -2.36. The maximum absolute atomic E-state index is 13.3. The molecule has 3 aromatic rings. The molecule has 0 saturated carbocycles. The van der Waals surface area contributed by atoms with Crippen molar-refractivity contribution in [3.63, 3.8) is 0 Å². The number of nitrogens with one attached hydrogen (secondary N) is 1. The number of nitrogens with zero attached hydrogens (tertiary/aromatic N) is 5. The summed E-state index contributed by atoms with van der Waals surface area (Å²) in [5.41, 5.74) is 3.29. The average Bonchev–Trinajstić information content (AvgIpc) is 3.24. The van der Waals surface area contributed by atoms with Crippen LogP contribution in [0.15, 0.2) is 42.9 Å². The van der Waals surface area contributed by atoms with Crippen molar-refractivity contribution in [3.05, 3.63) is 60.1 Å². The van der Waals surface area contributed by atoms with Crippen molar-refractivity contribution in [1.29, 1.82) is 0 Å². The number of benzene rings is 1. The fourth-order valence-electron chi connectivity index (χ4n) is 3.73. The number of rotatable bonds is 4. The Morgan fingerprint density at radius 2 is 2.00 bits per heavy atom. The van der Waals surface area contributed by atoms with E-state index in [0.717, 1.165) is 42.8 Å². The monoisotopic (exact) mass is 394 g/mol. The largest absolute Gasteiger partial charge is 0.355 e. The van der Waals surface area contributed by atoms with Crippen LogP contribution in [0.25, 0.3) is 11.1 Å². The Balaban J connectivity index is 1.57. The lowest BCUT2D eigenvalue weighted by atomic mass is 9.90. The fraction of sp³-hybridized carbons (Fsp3) is 0.333. The number of anilines is 1. The Morgan fingerprint density at radius 1 is 1.21 bits per heavy atom. The molecule has 3 heterocycles. The van der Waals surface area contributed by atoms with Crippen LogP contribution in [0, 0.1) is 5.82 Å². The van der Waals surface area contributed by atoms with Crippen molar-refractivity contribution in [1.82, 2.24) is 25.1 Å².